The van der Waals surface area contributed by atoms with Gasteiger partial charge in [0.05, 0.1) is 13.2 Å². The first-order valence-corrected chi connectivity index (χ1v) is 9.59. The third-order valence-corrected chi connectivity index (χ3v) is 4.92. The maximum Gasteiger partial charge on any atom is 0.417 e. The fraction of sp³-hybridized carbons (Fsp3) is 0.333. The number of benzene rings is 2. The van der Waals surface area contributed by atoms with Crippen LogP contribution >= 0.6 is 0 Å². The second-order valence-electron chi connectivity index (χ2n) is 7.09. The number of carbonyl (C=O) groups is 2. The Morgan fingerprint density at radius 1 is 1.00 bits per heavy atom. The Kier molecular flexibility index (Phi) is 7.26. The van der Waals surface area contributed by atoms with Crippen molar-refractivity contribution in [2.45, 2.75) is 18.8 Å². The third-order valence-electron chi connectivity index (χ3n) is 4.92. The minimum Gasteiger partial charge on any atom is -0.379 e. The summed E-state index contributed by atoms with van der Waals surface area (Å²) in [6.07, 6.45) is -5.05. The molecule has 1 fully saturated rings. The molecule has 1 atom stereocenters. The van der Waals surface area contributed by atoms with Gasteiger partial charge in [0, 0.05) is 25.2 Å². The highest BCUT2D eigenvalue weighted by atomic mass is 19.4. The van der Waals surface area contributed by atoms with E-state index in [1.807, 2.05) is 24.3 Å². The van der Waals surface area contributed by atoms with Crippen molar-refractivity contribution in [2.24, 2.45) is 0 Å². The van der Waals surface area contributed by atoms with Gasteiger partial charge in [-0.1, -0.05) is 36.4 Å². The van der Waals surface area contributed by atoms with Gasteiger partial charge < -0.3 is 10.1 Å². The Hall–Kier alpha value is -2.95. The van der Waals surface area contributed by atoms with E-state index in [0.29, 0.717) is 0 Å². The molecule has 3 N–H and O–H groups in total. The lowest BCUT2D eigenvalue weighted by molar-refractivity contribution is -0.172. The molecule has 7 nitrogen and oxygen atoms in total. The molecule has 0 spiro atoms. The van der Waals surface area contributed by atoms with Gasteiger partial charge in [-0.15, -0.1) is 0 Å². The van der Waals surface area contributed by atoms with E-state index >= 15 is 0 Å². The van der Waals surface area contributed by atoms with Crippen LogP contribution in [0.4, 0.5) is 13.2 Å². The monoisotopic (exact) mass is 437 g/mol. The molecule has 2 aromatic rings. The molecular formula is C21H22F3N3O4. The Morgan fingerprint density at radius 3 is 2.06 bits per heavy atom. The molecular weight excluding hydrogens is 415 g/mol. The molecule has 10 heteroatoms. The number of amides is 2. The normalized spacial score (nSPS) is 15.9. The molecule has 0 saturated carbocycles. The summed E-state index contributed by atoms with van der Waals surface area (Å²) in [7, 11) is 0. The second kappa shape index (κ2) is 9.90. The molecule has 31 heavy (non-hydrogen) atoms. The van der Waals surface area contributed by atoms with Crippen molar-refractivity contribution >= 4 is 11.8 Å². The van der Waals surface area contributed by atoms with E-state index in [0.717, 1.165) is 55.0 Å². The van der Waals surface area contributed by atoms with Gasteiger partial charge in [0.2, 0.25) is 6.04 Å². The summed E-state index contributed by atoms with van der Waals surface area (Å²) in [5.41, 5.74) is 3.69. The average molecular weight is 437 g/mol. The van der Waals surface area contributed by atoms with Crippen molar-refractivity contribution < 1.29 is 32.7 Å². The van der Waals surface area contributed by atoms with Crippen molar-refractivity contribution in [3.63, 3.8) is 0 Å². The summed E-state index contributed by atoms with van der Waals surface area (Å²) < 4.78 is 44.1. The Bertz CT molecular complexity index is 896. The van der Waals surface area contributed by atoms with E-state index in [1.54, 1.807) is 17.4 Å². The number of halogens is 3. The van der Waals surface area contributed by atoms with Crippen molar-refractivity contribution in [2.75, 3.05) is 26.3 Å². The number of ether oxygens (including phenoxy) is 1. The van der Waals surface area contributed by atoms with Crippen LogP contribution in [0.3, 0.4) is 0 Å². The van der Waals surface area contributed by atoms with Crippen LogP contribution in [0.15, 0.2) is 48.5 Å². The van der Waals surface area contributed by atoms with E-state index < -0.39 is 24.0 Å². The molecule has 2 amide bonds. The predicted molar refractivity (Wildman–Crippen MR) is 105 cm³/mol. The lowest BCUT2D eigenvalue weighted by Crippen LogP contribution is -2.54. The maximum absolute atomic E-state index is 12.9. The van der Waals surface area contributed by atoms with Gasteiger partial charge in [-0.25, -0.2) is 5.48 Å². The number of nitrogens with one attached hydrogen (secondary N) is 2. The number of morpholine rings is 1. The van der Waals surface area contributed by atoms with Crippen LogP contribution in [0.25, 0.3) is 11.1 Å². The molecule has 1 aliphatic heterocycles. The number of carbonyl (C=O) groups excluding carboxylic acids is 2. The van der Waals surface area contributed by atoms with Crippen LogP contribution in [0, 0.1) is 0 Å². The smallest absolute Gasteiger partial charge is 0.379 e. The molecule has 0 unspecified atom stereocenters. The zero-order valence-electron chi connectivity index (χ0n) is 16.5. The Morgan fingerprint density at radius 2 is 1.55 bits per heavy atom. The minimum atomic E-state index is -5.05. The summed E-state index contributed by atoms with van der Waals surface area (Å²) in [6.45, 7) is 4.06. The molecule has 0 radical (unpaired) electrons. The topological polar surface area (TPSA) is 90.9 Å². The molecule has 3 rings (SSSR count). The lowest BCUT2D eigenvalue weighted by Gasteiger charge is -2.26. The first-order chi connectivity index (χ1) is 14.8. The molecule has 1 heterocycles. The first-order valence-electron chi connectivity index (χ1n) is 9.59. The summed E-state index contributed by atoms with van der Waals surface area (Å²) in [4.78, 5) is 25.6. The quantitative estimate of drug-likeness (QED) is 0.477. The highest BCUT2D eigenvalue weighted by molar-refractivity contribution is 5.98. The largest absolute Gasteiger partial charge is 0.417 e. The van der Waals surface area contributed by atoms with E-state index in [4.69, 9.17) is 9.94 Å². The Labute approximate surface area is 176 Å². The van der Waals surface area contributed by atoms with E-state index in [-0.39, 0.29) is 5.56 Å². The molecule has 166 valence electrons. The summed E-state index contributed by atoms with van der Waals surface area (Å²) in [6, 6.07) is 11.0. The standard InChI is InChI=1S/C21H22F3N3O4/c22-21(23,24)18(20(29)26-30)25-19(28)17-7-5-16(6-8-17)15-3-1-14(2-4-15)13-27-9-11-31-12-10-27/h1-8,18,30H,9-13H2,(H,25,28)(H,26,29)/t18-/m1/s1. The number of nitrogens with zero attached hydrogens (tertiary/aromatic N) is 1. The molecule has 2 aromatic carbocycles. The minimum absolute atomic E-state index is 0.0484. The summed E-state index contributed by atoms with van der Waals surface area (Å²) in [5.74, 6) is -2.85. The third kappa shape index (κ3) is 6.03. The molecule has 0 bridgehead atoms. The fourth-order valence-electron chi connectivity index (χ4n) is 3.21. The number of hydrogen-bond donors (Lipinski definition) is 3. The number of hydroxylamine groups is 1. The van der Waals surface area contributed by atoms with Crippen LogP contribution in [-0.2, 0) is 16.1 Å². The van der Waals surface area contributed by atoms with Crippen LogP contribution in [0.2, 0.25) is 0 Å². The SMILES string of the molecule is O=C(N[C@H](C(=O)NO)C(F)(F)F)c1ccc(-c2ccc(CN3CCOCC3)cc2)cc1. The van der Waals surface area contributed by atoms with Gasteiger partial charge in [-0.3, -0.25) is 19.7 Å². The van der Waals surface area contributed by atoms with Crippen LogP contribution < -0.4 is 10.8 Å². The zero-order chi connectivity index (χ0) is 22.4. The van der Waals surface area contributed by atoms with Crippen molar-refractivity contribution in [3.05, 3.63) is 59.7 Å². The summed E-state index contributed by atoms with van der Waals surface area (Å²) in [5, 5.41) is 10.0. The van der Waals surface area contributed by atoms with Gasteiger partial charge in [0.25, 0.3) is 11.8 Å². The number of rotatable bonds is 6. The van der Waals surface area contributed by atoms with Gasteiger partial charge in [0.1, 0.15) is 0 Å². The van der Waals surface area contributed by atoms with Crippen molar-refractivity contribution in [3.8, 4) is 11.1 Å². The van der Waals surface area contributed by atoms with Crippen LogP contribution in [0.5, 0.6) is 0 Å². The summed E-state index contributed by atoms with van der Waals surface area (Å²) >= 11 is 0. The van der Waals surface area contributed by atoms with E-state index in [9.17, 15) is 22.8 Å². The highest BCUT2D eigenvalue weighted by Crippen LogP contribution is 2.23. The Balaban J connectivity index is 1.65. The zero-order valence-corrected chi connectivity index (χ0v) is 16.5. The molecule has 0 aromatic heterocycles. The van der Waals surface area contributed by atoms with Crippen molar-refractivity contribution in [1.82, 2.24) is 15.7 Å². The van der Waals surface area contributed by atoms with Crippen LogP contribution in [-0.4, -0.2) is 60.4 Å². The van der Waals surface area contributed by atoms with Gasteiger partial charge in [-0.2, -0.15) is 13.2 Å². The second-order valence-corrected chi connectivity index (χ2v) is 7.09. The van der Waals surface area contributed by atoms with Crippen molar-refractivity contribution in [1.29, 1.82) is 0 Å². The van der Waals surface area contributed by atoms with E-state index in [2.05, 4.69) is 4.90 Å². The fourth-order valence-corrected chi connectivity index (χ4v) is 3.21. The van der Waals surface area contributed by atoms with Gasteiger partial charge >= 0.3 is 6.18 Å². The van der Waals surface area contributed by atoms with Gasteiger partial charge in [-0.05, 0) is 28.8 Å². The highest BCUT2D eigenvalue weighted by Gasteiger charge is 2.46. The maximum atomic E-state index is 12.9. The number of alkyl halides is 3. The number of hydrogen-bond acceptors (Lipinski definition) is 5. The molecule has 0 aliphatic carbocycles. The lowest BCUT2D eigenvalue weighted by atomic mass is 10.0. The van der Waals surface area contributed by atoms with E-state index in [1.165, 1.54) is 12.1 Å². The average Bonchev–Trinajstić information content (AvgIpc) is 2.77. The predicted octanol–water partition coefficient (Wildman–Crippen LogP) is 2.35. The molecule has 1 saturated heterocycles. The first kappa shape index (κ1) is 22.7. The molecule has 1 aliphatic rings. The van der Waals surface area contributed by atoms with Crippen LogP contribution in [0.1, 0.15) is 15.9 Å². The van der Waals surface area contributed by atoms with Gasteiger partial charge in [0.15, 0.2) is 0 Å².